The van der Waals surface area contributed by atoms with Gasteiger partial charge in [0.2, 0.25) is 11.8 Å². The summed E-state index contributed by atoms with van der Waals surface area (Å²) in [5, 5.41) is 27.9. The van der Waals surface area contributed by atoms with Crippen LogP contribution in [-0.2, 0) is 30.3 Å². The molecule has 0 spiro atoms. The first-order valence-corrected chi connectivity index (χ1v) is 16.6. The molecule has 4 N–H and O–H groups in total. The van der Waals surface area contributed by atoms with Gasteiger partial charge in [0.15, 0.2) is 0 Å². The van der Waals surface area contributed by atoms with Gasteiger partial charge in [-0.05, 0) is 51.2 Å². The lowest BCUT2D eigenvalue weighted by molar-refractivity contribution is -0.156. The number of benzene rings is 1. The molecule has 2 aliphatic rings. The zero-order valence-electron chi connectivity index (χ0n) is 28.4. The highest BCUT2D eigenvalue weighted by atomic mass is 16.5. The first kappa shape index (κ1) is 37.6. The minimum atomic E-state index is -0.916. The smallest absolute Gasteiger partial charge is 0.328 e. The number of carbonyl (C=O) groups excluding carboxylic acids is 3. The number of fused-ring (bicyclic) bond motifs is 2. The Kier molecular flexibility index (Phi) is 15.2. The van der Waals surface area contributed by atoms with Gasteiger partial charge in [-0.2, -0.15) is 0 Å². The molecule has 1 aliphatic carbocycles. The van der Waals surface area contributed by atoms with Gasteiger partial charge >= 0.3 is 5.97 Å². The number of phenols is 1. The lowest BCUT2D eigenvalue weighted by Gasteiger charge is -2.29. The number of aryl methyl sites for hydroxylation is 1. The number of hydrogen-bond acceptors (Lipinski definition) is 8. The van der Waals surface area contributed by atoms with Crippen LogP contribution in [-0.4, -0.2) is 66.6 Å². The minimum absolute atomic E-state index is 0.0347. The molecule has 1 heterocycles. The van der Waals surface area contributed by atoms with Gasteiger partial charge in [0.25, 0.3) is 0 Å². The number of aliphatic hydroxyl groups excluding tert-OH is 1. The first-order chi connectivity index (χ1) is 22.5. The van der Waals surface area contributed by atoms with E-state index in [1.165, 1.54) is 14.2 Å². The molecule has 10 nitrogen and oxygen atoms in total. The maximum absolute atomic E-state index is 13.2. The topological polar surface area (TPSA) is 143 Å². The van der Waals surface area contributed by atoms with Crippen molar-refractivity contribution in [3.05, 3.63) is 65.8 Å². The molecule has 258 valence electrons. The van der Waals surface area contributed by atoms with E-state index < -0.39 is 36.2 Å². The van der Waals surface area contributed by atoms with Crippen LogP contribution < -0.4 is 15.4 Å². The monoisotopic (exact) mass is 652 g/mol. The Hall–Kier alpha value is -3.89. The van der Waals surface area contributed by atoms with Crippen molar-refractivity contribution in [1.29, 1.82) is 0 Å². The van der Waals surface area contributed by atoms with Gasteiger partial charge in [0.1, 0.15) is 23.6 Å². The molecule has 10 heteroatoms. The Labute approximate surface area is 278 Å². The highest BCUT2D eigenvalue weighted by Gasteiger charge is 2.31. The van der Waals surface area contributed by atoms with Crippen LogP contribution in [0.5, 0.6) is 11.5 Å². The number of ether oxygens (including phenoxy) is 3. The van der Waals surface area contributed by atoms with E-state index >= 15 is 0 Å². The fourth-order valence-electron chi connectivity index (χ4n) is 5.86. The second kappa shape index (κ2) is 19.1. The summed E-state index contributed by atoms with van der Waals surface area (Å²) >= 11 is 0. The van der Waals surface area contributed by atoms with Gasteiger partial charge in [0.05, 0.1) is 31.4 Å². The lowest BCUT2D eigenvalue weighted by Crippen LogP contribution is -2.45. The van der Waals surface area contributed by atoms with Crippen molar-refractivity contribution >= 4 is 23.5 Å². The molecule has 47 heavy (non-hydrogen) atoms. The van der Waals surface area contributed by atoms with Crippen LogP contribution >= 0.6 is 0 Å². The van der Waals surface area contributed by atoms with Crippen molar-refractivity contribution in [2.24, 2.45) is 11.8 Å². The van der Waals surface area contributed by atoms with E-state index in [1.807, 2.05) is 32.1 Å². The van der Waals surface area contributed by atoms with Gasteiger partial charge in [-0.25, -0.2) is 4.79 Å². The molecular formula is C37H52N2O8. The van der Waals surface area contributed by atoms with E-state index in [0.29, 0.717) is 36.1 Å². The fourth-order valence-corrected chi connectivity index (χ4v) is 5.86. The molecule has 0 saturated heterocycles. The standard InChI is InChI=1S/C37H52N2O8/c1-24-15-14-18-28-21-30(46-5)22-31(35(28)42)39-33(40)23-29(45-4)19-12-7-6-8-13-20-32(25(2)34(24)41)47-37(44)26(3)38-36(43)27-16-10-9-11-17-27/h6-8,12-13,15,19,21-22,25-27,29,32,34,41-42H,9-11,14,16-18,20,23H2,1-5H3,(H,38,43)(H,39,40)/b7-6+,13-8+,19-12-,24-15+/t25?,26-,29?,32?,34?/m0/s1. The molecule has 5 atom stereocenters. The third kappa shape index (κ3) is 11.7. The number of carbonyl (C=O) groups is 3. The number of esters is 1. The highest BCUT2D eigenvalue weighted by Crippen LogP contribution is 2.34. The summed E-state index contributed by atoms with van der Waals surface area (Å²) in [6.45, 7) is 5.28. The molecule has 4 unspecified atom stereocenters. The van der Waals surface area contributed by atoms with Crippen LogP contribution in [0, 0.1) is 11.8 Å². The summed E-state index contributed by atoms with van der Waals surface area (Å²) in [5.74, 6) is -1.11. The average molecular weight is 653 g/mol. The van der Waals surface area contributed by atoms with E-state index in [4.69, 9.17) is 14.2 Å². The molecule has 1 aromatic rings. The third-order valence-corrected chi connectivity index (χ3v) is 8.91. The number of methoxy groups -OCH3 is 2. The summed E-state index contributed by atoms with van der Waals surface area (Å²) in [4.78, 5) is 38.8. The van der Waals surface area contributed by atoms with Crippen LogP contribution in [0.15, 0.2) is 60.2 Å². The molecule has 1 saturated carbocycles. The van der Waals surface area contributed by atoms with Crippen molar-refractivity contribution in [1.82, 2.24) is 5.32 Å². The largest absolute Gasteiger partial charge is 0.505 e. The summed E-state index contributed by atoms with van der Waals surface area (Å²) in [6.07, 6.45) is 16.7. The number of hydrogen-bond donors (Lipinski definition) is 4. The van der Waals surface area contributed by atoms with E-state index in [0.717, 1.165) is 32.1 Å². The van der Waals surface area contributed by atoms with Gasteiger partial charge in [-0.3, -0.25) is 9.59 Å². The molecule has 1 aliphatic heterocycles. The molecule has 2 amide bonds. The van der Waals surface area contributed by atoms with Crippen molar-refractivity contribution < 1.29 is 38.8 Å². The quantitative estimate of drug-likeness (QED) is 0.174. The van der Waals surface area contributed by atoms with Gasteiger partial charge < -0.3 is 35.1 Å². The number of allylic oxidation sites excluding steroid dienone is 5. The second-order valence-electron chi connectivity index (χ2n) is 12.5. The maximum atomic E-state index is 13.2. The van der Waals surface area contributed by atoms with Crippen LogP contribution in [0.3, 0.4) is 0 Å². The maximum Gasteiger partial charge on any atom is 0.328 e. The predicted molar refractivity (Wildman–Crippen MR) is 182 cm³/mol. The van der Waals surface area contributed by atoms with Crippen LogP contribution in [0.2, 0.25) is 0 Å². The van der Waals surface area contributed by atoms with Crippen molar-refractivity contribution in [2.75, 3.05) is 19.5 Å². The van der Waals surface area contributed by atoms with Crippen molar-refractivity contribution in [3.63, 3.8) is 0 Å². The number of anilines is 1. The van der Waals surface area contributed by atoms with E-state index in [1.54, 1.807) is 43.4 Å². The van der Waals surface area contributed by atoms with Gasteiger partial charge in [-0.15, -0.1) is 0 Å². The molecular weight excluding hydrogens is 600 g/mol. The van der Waals surface area contributed by atoms with Crippen LogP contribution in [0.25, 0.3) is 0 Å². The number of amides is 2. The number of aromatic hydroxyl groups is 1. The number of aliphatic hydroxyl groups is 1. The molecule has 1 aromatic carbocycles. The average Bonchev–Trinajstić information content (AvgIpc) is 3.07. The van der Waals surface area contributed by atoms with Gasteiger partial charge in [0, 0.05) is 37.0 Å². The van der Waals surface area contributed by atoms with E-state index in [2.05, 4.69) is 10.6 Å². The van der Waals surface area contributed by atoms with Crippen LogP contribution in [0.1, 0.15) is 77.7 Å². The normalized spacial score (nSPS) is 27.4. The zero-order valence-corrected chi connectivity index (χ0v) is 28.4. The lowest BCUT2D eigenvalue weighted by atomic mass is 9.88. The molecule has 1 fully saturated rings. The minimum Gasteiger partial charge on any atom is -0.505 e. The Balaban J connectivity index is 1.83. The third-order valence-electron chi connectivity index (χ3n) is 8.91. The summed E-state index contributed by atoms with van der Waals surface area (Å²) in [5.41, 5.74) is 1.51. The zero-order chi connectivity index (χ0) is 34.3. The SMILES string of the molecule is COc1cc2c(O)c(c1)NC(=O)CC(OC)\C=C/C=C/C=C/CC(OC(=O)[C@H](C)NC(=O)C1CCCCC1)C(C)C(O)/C(C)=C/CC2. The van der Waals surface area contributed by atoms with Crippen molar-refractivity contribution in [3.8, 4) is 11.5 Å². The Morgan fingerprint density at radius 1 is 1.06 bits per heavy atom. The fraction of sp³-hybridized carbons (Fsp3) is 0.541. The number of rotatable bonds is 6. The van der Waals surface area contributed by atoms with Crippen LogP contribution in [0.4, 0.5) is 5.69 Å². The highest BCUT2D eigenvalue weighted by molar-refractivity contribution is 5.93. The van der Waals surface area contributed by atoms with E-state index in [9.17, 15) is 24.6 Å². The summed E-state index contributed by atoms with van der Waals surface area (Å²) in [6, 6.07) is 2.46. The Morgan fingerprint density at radius 2 is 1.79 bits per heavy atom. The Morgan fingerprint density at radius 3 is 2.49 bits per heavy atom. The first-order valence-electron chi connectivity index (χ1n) is 16.6. The molecule has 0 aromatic heterocycles. The molecule has 3 rings (SSSR count). The van der Waals surface area contributed by atoms with E-state index in [-0.39, 0.29) is 35.6 Å². The van der Waals surface area contributed by atoms with Gasteiger partial charge in [-0.1, -0.05) is 68.7 Å². The summed E-state index contributed by atoms with van der Waals surface area (Å²) in [7, 11) is 3.03. The van der Waals surface area contributed by atoms with Crippen molar-refractivity contribution in [2.45, 2.75) is 103 Å². The number of phenolic OH excluding ortho intramolecular Hbond substituents is 1. The number of nitrogens with one attached hydrogen (secondary N) is 2. The Bertz CT molecular complexity index is 1330. The molecule has 2 bridgehead atoms. The molecule has 0 radical (unpaired) electrons. The summed E-state index contributed by atoms with van der Waals surface area (Å²) < 4.78 is 16.8. The second-order valence-corrected chi connectivity index (χ2v) is 12.5. The predicted octanol–water partition coefficient (Wildman–Crippen LogP) is 5.69.